The highest BCUT2D eigenvalue weighted by Crippen LogP contribution is 2.83. The van der Waals surface area contributed by atoms with Crippen molar-refractivity contribution >= 4 is 17.6 Å². The summed E-state index contributed by atoms with van der Waals surface area (Å²) in [5.74, 6) is 1.28. The Balaban J connectivity index is 1.09. The highest BCUT2D eigenvalue weighted by atomic mass is 16.7. The molecule has 2 bridgehead atoms. The molecule has 0 aromatic heterocycles. The minimum absolute atomic E-state index is 0.0144. The Morgan fingerprint density at radius 1 is 1.25 bits per heavy atom. The molecule has 1 N–H and O–H groups in total. The highest BCUT2D eigenvalue weighted by Gasteiger charge is 2.96. The summed E-state index contributed by atoms with van der Waals surface area (Å²) in [7, 11) is 0. The van der Waals surface area contributed by atoms with Crippen LogP contribution in [0.15, 0.2) is 47.9 Å². The van der Waals surface area contributed by atoms with Crippen molar-refractivity contribution in [2.45, 2.75) is 55.4 Å². The lowest BCUT2D eigenvalue weighted by atomic mass is 9.26. The first-order valence-corrected chi connectivity index (χ1v) is 12.5. The van der Waals surface area contributed by atoms with E-state index in [0.717, 1.165) is 19.4 Å². The van der Waals surface area contributed by atoms with E-state index in [1.807, 2.05) is 6.08 Å². The number of benzene rings is 1. The van der Waals surface area contributed by atoms with E-state index in [-0.39, 0.29) is 40.9 Å². The first-order valence-electron chi connectivity index (χ1n) is 12.5. The van der Waals surface area contributed by atoms with Crippen LogP contribution in [-0.2, 0) is 14.3 Å². The number of Topliss-reactive ketones (excluding diaryl/α,β-unsaturated/α-hetero) is 1. The minimum atomic E-state index is -1.01. The number of nitro benzene ring substituents is 1. The minimum Gasteiger partial charge on any atom is -0.482 e. The fourth-order valence-corrected chi connectivity index (χ4v) is 8.62. The summed E-state index contributed by atoms with van der Waals surface area (Å²) in [6.07, 6.45) is 6.21. The van der Waals surface area contributed by atoms with Gasteiger partial charge in [0.25, 0.3) is 5.69 Å². The Kier molecular flexibility index (Phi) is 3.69. The number of rotatable bonds is 5. The summed E-state index contributed by atoms with van der Waals surface area (Å²) in [5.41, 5.74) is -2.25. The maximum absolute atomic E-state index is 13.3. The molecule has 1 aromatic carbocycles. The Labute approximate surface area is 205 Å². The maximum Gasteiger partial charge on any atom is 0.519 e. The van der Waals surface area contributed by atoms with Gasteiger partial charge in [0.2, 0.25) is 0 Å². The number of carbonyl (C=O) groups excluding carboxylic acids is 2. The lowest BCUT2D eigenvalue weighted by Gasteiger charge is -2.87. The van der Waals surface area contributed by atoms with Crippen molar-refractivity contribution in [1.29, 1.82) is 0 Å². The number of piperidine rings is 1. The molecule has 36 heavy (non-hydrogen) atoms. The van der Waals surface area contributed by atoms with Crippen molar-refractivity contribution in [2.75, 3.05) is 6.54 Å². The van der Waals surface area contributed by atoms with E-state index in [4.69, 9.17) is 14.2 Å². The number of ketones is 1. The summed E-state index contributed by atoms with van der Waals surface area (Å²) in [4.78, 5) is 38.6. The fraction of sp³-hybridized carbons (Fsp3) is 0.538. The molecule has 7 fully saturated rings. The molecule has 186 valence electrons. The van der Waals surface area contributed by atoms with Crippen molar-refractivity contribution in [2.24, 2.45) is 23.2 Å². The second-order valence-electron chi connectivity index (χ2n) is 11.4. The van der Waals surface area contributed by atoms with Gasteiger partial charge >= 0.3 is 6.16 Å². The summed E-state index contributed by atoms with van der Waals surface area (Å²) in [6, 6.07) is 5.12. The zero-order valence-electron chi connectivity index (χ0n) is 19.3. The molecule has 6 aliphatic carbocycles. The van der Waals surface area contributed by atoms with Crippen molar-refractivity contribution in [3.05, 3.63) is 58.1 Å². The average Bonchev–Trinajstić information content (AvgIpc) is 3.59. The molecule has 0 radical (unpaired) electrons. The molecule has 4 unspecified atom stereocenters. The number of non-ortho nitro benzene ring substituents is 1. The molecule has 8 aliphatic rings. The average molecular weight is 492 g/mol. The number of carbonyl (C=O) groups is 2. The van der Waals surface area contributed by atoms with Gasteiger partial charge in [-0.15, -0.1) is 0 Å². The molecule has 2 heterocycles. The van der Waals surface area contributed by atoms with Gasteiger partial charge in [0.15, 0.2) is 17.6 Å². The summed E-state index contributed by atoms with van der Waals surface area (Å²) >= 11 is 0. The Bertz CT molecular complexity index is 1320. The molecule has 2 saturated heterocycles. The third-order valence-corrected chi connectivity index (χ3v) is 9.98. The van der Waals surface area contributed by atoms with E-state index in [1.54, 1.807) is 6.08 Å². The van der Waals surface area contributed by atoms with Crippen LogP contribution in [0.25, 0.3) is 0 Å². The van der Waals surface area contributed by atoms with Crippen molar-refractivity contribution < 1.29 is 33.8 Å². The SMILES string of the molecule is O=C(OC1=C2O[C@H]3C(=O)CC45C[C@]36C2C(C=C1)CC(N4CC1CC1)[C@]56O)Oc1ccc([N+](=O)[O-])cc1. The highest BCUT2D eigenvalue weighted by molar-refractivity contribution is 5.91. The molecule has 7 atom stereocenters. The quantitative estimate of drug-likeness (QED) is 0.285. The third kappa shape index (κ3) is 2.18. The first kappa shape index (κ1) is 20.9. The molecule has 9 rings (SSSR count). The normalized spacial score (nSPS) is 42.6. The van der Waals surface area contributed by atoms with Gasteiger partial charge < -0.3 is 19.3 Å². The van der Waals surface area contributed by atoms with Crippen LogP contribution in [0.5, 0.6) is 5.75 Å². The van der Waals surface area contributed by atoms with Crippen molar-refractivity contribution in [3.8, 4) is 5.75 Å². The predicted octanol–water partition coefficient (Wildman–Crippen LogP) is 2.85. The number of hydrogen-bond acceptors (Lipinski definition) is 9. The van der Waals surface area contributed by atoms with Gasteiger partial charge in [0.1, 0.15) is 17.1 Å². The van der Waals surface area contributed by atoms with E-state index in [1.165, 1.54) is 37.1 Å². The molecular formula is C26H24N2O8. The van der Waals surface area contributed by atoms with Crippen LogP contribution in [-0.4, -0.2) is 56.7 Å². The van der Waals surface area contributed by atoms with E-state index in [2.05, 4.69) is 4.90 Å². The summed E-state index contributed by atoms with van der Waals surface area (Å²) < 4.78 is 17.0. The van der Waals surface area contributed by atoms with Crippen molar-refractivity contribution in [3.63, 3.8) is 0 Å². The van der Waals surface area contributed by atoms with E-state index in [0.29, 0.717) is 18.1 Å². The zero-order valence-corrected chi connectivity index (χ0v) is 19.3. The summed E-state index contributed by atoms with van der Waals surface area (Å²) in [5, 5.41) is 23.0. The van der Waals surface area contributed by atoms with Crippen LogP contribution >= 0.6 is 0 Å². The number of ether oxygens (including phenoxy) is 3. The molecule has 2 aliphatic heterocycles. The zero-order chi connectivity index (χ0) is 24.6. The summed E-state index contributed by atoms with van der Waals surface area (Å²) in [6.45, 7) is 0.953. The molecule has 1 aromatic rings. The number of aliphatic hydroxyl groups is 1. The van der Waals surface area contributed by atoms with Crippen LogP contribution in [0.3, 0.4) is 0 Å². The molecule has 5 saturated carbocycles. The van der Waals surface area contributed by atoms with Crippen LogP contribution < -0.4 is 4.74 Å². The number of nitrogens with zero attached hydrogens (tertiary/aromatic N) is 2. The van der Waals surface area contributed by atoms with Gasteiger partial charge in [-0.1, -0.05) is 6.08 Å². The topological polar surface area (TPSA) is 128 Å². The van der Waals surface area contributed by atoms with Gasteiger partial charge in [-0.25, -0.2) is 4.79 Å². The Hall–Kier alpha value is -3.24. The lowest BCUT2D eigenvalue weighted by Crippen LogP contribution is -3.02. The van der Waals surface area contributed by atoms with Gasteiger partial charge in [-0.05, 0) is 55.7 Å². The van der Waals surface area contributed by atoms with Crippen LogP contribution in [0.1, 0.15) is 32.1 Å². The first-order chi connectivity index (χ1) is 17.3. The largest absolute Gasteiger partial charge is 0.519 e. The van der Waals surface area contributed by atoms with Crippen LogP contribution in [0, 0.1) is 33.3 Å². The van der Waals surface area contributed by atoms with Crippen LogP contribution in [0.4, 0.5) is 10.5 Å². The van der Waals surface area contributed by atoms with Crippen molar-refractivity contribution in [1.82, 2.24) is 4.90 Å². The number of allylic oxidation sites excluding steroid dienone is 3. The second-order valence-corrected chi connectivity index (χ2v) is 11.4. The number of likely N-dealkylation sites (tertiary alicyclic amines) is 1. The van der Waals surface area contributed by atoms with E-state index in [9.17, 15) is 24.8 Å². The van der Waals surface area contributed by atoms with E-state index < -0.39 is 33.7 Å². The van der Waals surface area contributed by atoms with Gasteiger partial charge in [-0.3, -0.25) is 19.8 Å². The lowest BCUT2D eigenvalue weighted by molar-refractivity contribution is -0.430. The van der Waals surface area contributed by atoms with Gasteiger partial charge in [0.05, 0.1) is 15.9 Å². The Morgan fingerprint density at radius 3 is 2.75 bits per heavy atom. The molecule has 10 nitrogen and oxygen atoms in total. The fourth-order valence-electron chi connectivity index (χ4n) is 8.62. The maximum atomic E-state index is 13.3. The Morgan fingerprint density at radius 2 is 2.03 bits per heavy atom. The molecular weight excluding hydrogens is 468 g/mol. The molecule has 0 amide bonds. The van der Waals surface area contributed by atoms with Crippen LogP contribution in [0.2, 0.25) is 0 Å². The van der Waals surface area contributed by atoms with Gasteiger partial charge in [0, 0.05) is 37.1 Å². The number of hydrogen-bond donors (Lipinski definition) is 1. The van der Waals surface area contributed by atoms with E-state index >= 15 is 0 Å². The number of fused-ring (bicyclic) bond motifs is 1. The number of nitro groups is 1. The predicted molar refractivity (Wildman–Crippen MR) is 120 cm³/mol. The molecule has 2 spiro atoms. The monoisotopic (exact) mass is 492 g/mol. The third-order valence-electron chi connectivity index (χ3n) is 9.98. The van der Waals surface area contributed by atoms with Gasteiger partial charge in [-0.2, -0.15) is 0 Å². The smallest absolute Gasteiger partial charge is 0.482 e. The standard InChI is InChI=1S/C26H24N2O8/c29-17-10-24-12-25-20-14(9-19(26(24,25)31)27(24)11-13-1-2-13)3-8-18(21(20)36-22(17)25)35-23(30)34-16-6-4-15(5-7-16)28(32)33/h3-8,13-14,19-20,22,31H,1-2,9-12H2/t14?,19?,20?,22-,24?,25-,26-/m0/s1. The second kappa shape index (κ2) is 6.36. The molecule has 10 heteroatoms.